The van der Waals surface area contributed by atoms with Crippen LogP contribution in [0.3, 0.4) is 0 Å². The fourth-order valence-corrected chi connectivity index (χ4v) is 2.95. The number of nitrogen functional groups attached to an aromatic ring is 1. The second kappa shape index (κ2) is 5.37. The lowest BCUT2D eigenvalue weighted by atomic mass is 10.1. The maximum Gasteiger partial charge on any atom is 0.131 e. The van der Waals surface area contributed by atoms with Gasteiger partial charge in [-0.2, -0.15) is 0 Å². The van der Waals surface area contributed by atoms with Crippen LogP contribution in [0.1, 0.15) is 38.1 Å². The maximum absolute atomic E-state index is 6.27. The third kappa shape index (κ3) is 2.54. The zero-order chi connectivity index (χ0) is 14.2. The maximum atomic E-state index is 6.27. The van der Waals surface area contributed by atoms with E-state index in [4.69, 9.17) is 10.7 Å². The minimum Gasteiger partial charge on any atom is -0.383 e. The zero-order valence-corrected chi connectivity index (χ0v) is 13.5. The molecule has 0 saturated carbocycles. The second-order valence-electron chi connectivity index (χ2n) is 5.09. The van der Waals surface area contributed by atoms with Crippen LogP contribution in [0, 0.1) is 6.92 Å². The summed E-state index contributed by atoms with van der Waals surface area (Å²) in [7, 11) is 0. The Morgan fingerprint density at radius 2 is 2.05 bits per heavy atom. The molecule has 0 atom stereocenters. The Balaban J connectivity index is 2.63. The third-order valence-electron chi connectivity index (χ3n) is 3.25. The first-order chi connectivity index (χ1) is 8.95. The zero-order valence-electron chi connectivity index (χ0n) is 11.9. The molecule has 1 aromatic heterocycles. The van der Waals surface area contributed by atoms with Crippen LogP contribution in [0.25, 0.3) is 11.3 Å². The summed E-state index contributed by atoms with van der Waals surface area (Å²) in [4.78, 5) is 4.75. The third-order valence-corrected chi connectivity index (χ3v) is 3.90. The lowest BCUT2D eigenvalue weighted by Gasteiger charge is -2.08. The van der Waals surface area contributed by atoms with Crippen LogP contribution in [0.4, 0.5) is 5.82 Å². The van der Waals surface area contributed by atoms with E-state index in [2.05, 4.69) is 66.4 Å². The van der Waals surface area contributed by atoms with Gasteiger partial charge in [0, 0.05) is 22.5 Å². The summed E-state index contributed by atoms with van der Waals surface area (Å²) in [5.41, 5.74) is 9.41. The summed E-state index contributed by atoms with van der Waals surface area (Å²) >= 11 is 3.61. The predicted octanol–water partition coefficient (Wildman–Crippen LogP) is 4.35. The van der Waals surface area contributed by atoms with E-state index in [-0.39, 0.29) is 0 Å². The smallest absolute Gasteiger partial charge is 0.131 e. The van der Waals surface area contributed by atoms with Gasteiger partial charge in [-0.15, -0.1) is 0 Å². The molecule has 2 N–H and O–H groups in total. The number of hydrogen-bond acceptors (Lipinski definition) is 2. The molecule has 0 fully saturated rings. The number of halogens is 1. The Kier molecular flexibility index (Phi) is 3.99. The van der Waals surface area contributed by atoms with Crippen LogP contribution in [-0.4, -0.2) is 9.55 Å². The number of hydrogen-bond donors (Lipinski definition) is 1. The van der Waals surface area contributed by atoms with Gasteiger partial charge in [0.05, 0.1) is 0 Å². The quantitative estimate of drug-likeness (QED) is 0.913. The van der Waals surface area contributed by atoms with Gasteiger partial charge in [-0.1, -0.05) is 41.9 Å². The summed E-state index contributed by atoms with van der Waals surface area (Å²) in [6, 6.07) is 6.25. The van der Waals surface area contributed by atoms with Gasteiger partial charge in [-0.05, 0) is 25.5 Å². The SMILES string of the molecule is CCn1c(C(C)C)nc(-c2ccc(C)cc2Br)c1N. The van der Waals surface area contributed by atoms with Gasteiger partial charge in [-0.25, -0.2) is 4.98 Å². The van der Waals surface area contributed by atoms with Gasteiger partial charge < -0.3 is 10.3 Å². The van der Waals surface area contributed by atoms with Crippen LogP contribution >= 0.6 is 15.9 Å². The number of anilines is 1. The number of imidazole rings is 1. The largest absolute Gasteiger partial charge is 0.383 e. The molecule has 2 rings (SSSR count). The molecule has 0 unspecified atom stereocenters. The van der Waals surface area contributed by atoms with Gasteiger partial charge in [0.25, 0.3) is 0 Å². The van der Waals surface area contributed by atoms with Gasteiger partial charge >= 0.3 is 0 Å². The monoisotopic (exact) mass is 321 g/mol. The van der Waals surface area contributed by atoms with E-state index in [9.17, 15) is 0 Å². The van der Waals surface area contributed by atoms with Crippen molar-refractivity contribution in [2.45, 2.75) is 40.2 Å². The summed E-state index contributed by atoms with van der Waals surface area (Å²) in [6.45, 7) is 9.29. The van der Waals surface area contributed by atoms with Gasteiger partial charge in [0.15, 0.2) is 0 Å². The normalized spacial score (nSPS) is 11.3. The van der Waals surface area contributed by atoms with Crippen molar-refractivity contribution < 1.29 is 0 Å². The van der Waals surface area contributed by atoms with E-state index in [0.29, 0.717) is 5.92 Å². The van der Waals surface area contributed by atoms with E-state index >= 15 is 0 Å². The van der Waals surface area contributed by atoms with Crippen LogP contribution in [0.2, 0.25) is 0 Å². The molecule has 1 heterocycles. The van der Waals surface area contributed by atoms with Gasteiger partial charge in [-0.3, -0.25) is 0 Å². The molecule has 4 heteroatoms. The standard InChI is InChI=1S/C15H20BrN3/c1-5-19-14(17)13(18-15(19)9(2)3)11-7-6-10(4)8-12(11)16/h6-9H,5,17H2,1-4H3. The Morgan fingerprint density at radius 1 is 1.37 bits per heavy atom. The molecule has 0 aliphatic heterocycles. The minimum absolute atomic E-state index is 0.361. The summed E-state index contributed by atoms with van der Waals surface area (Å²) < 4.78 is 3.13. The van der Waals surface area contributed by atoms with E-state index in [0.717, 1.165) is 33.9 Å². The summed E-state index contributed by atoms with van der Waals surface area (Å²) in [6.07, 6.45) is 0. The highest BCUT2D eigenvalue weighted by Crippen LogP contribution is 2.34. The number of benzene rings is 1. The van der Waals surface area contributed by atoms with Crippen molar-refractivity contribution in [2.24, 2.45) is 0 Å². The first-order valence-corrected chi connectivity index (χ1v) is 7.37. The molecule has 0 amide bonds. The van der Waals surface area contributed by atoms with E-state index in [1.165, 1.54) is 5.56 Å². The van der Waals surface area contributed by atoms with Crippen molar-refractivity contribution in [1.29, 1.82) is 0 Å². The molecule has 2 aromatic rings. The molecule has 0 spiro atoms. The summed E-state index contributed by atoms with van der Waals surface area (Å²) in [5, 5.41) is 0. The molecule has 0 bridgehead atoms. The molecule has 0 aliphatic rings. The van der Waals surface area contributed by atoms with Crippen molar-refractivity contribution in [3.05, 3.63) is 34.1 Å². The van der Waals surface area contributed by atoms with Crippen LogP contribution in [0.15, 0.2) is 22.7 Å². The lowest BCUT2D eigenvalue weighted by molar-refractivity contribution is 0.658. The molecule has 0 aliphatic carbocycles. The Morgan fingerprint density at radius 3 is 2.53 bits per heavy atom. The average Bonchev–Trinajstić information content (AvgIpc) is 2.66. The van der Waals surface area contributed by atoms with Crippen molar-refractivity contribution in [3.63, 3.8) is 0 Å². The number of nitrogens with zero attached hydrogens (tertiary/aromatic N) is 2. The van der Waals surface area contributed by atoms with Crippen molar-refractivity contribution in [3.8, 4) is 11.3 Å². The highest BCUT2D eigenvalue weighted by Gasteiger charge is 2.18. The molecule has 19 heavy (non-hydrogen) atoms. The van der Waals surface area contributed by atoms with Crippen molar-refractivity contribution in [2.75, 3.05) is 5.73 Å². The van der Waals surface area contributed by atoms with E-state index in [1.807, 2.05) is 0 Å². The summed E-state index contributed by atoms with van der Waals surface area (Å²) in [5.74, 6) is 2.15. The first-order valence-electron chi connectivity index (χ1n) is 6.58. The Labute approximate surface area is 123 Å². The van der Waals surface area contributed by atoms with E-state index in [1.54, 1.807) is 0 Å². The van der Waals surface area contributed by atoms with Crippen LogP contribution in [0.5, 0.6) is 0 Å². The number of rotatable bonds is 3. The van der Waals surface area contributed by atoms with Crippen LogP contribution in [-0.2, 0) is 6.54 Å². The lowest BCUT2D eigenvalue weighted by Crippen LogP contribution is -2.06. The minimum atomic E-state index is 0.361. The van der Waals surface area contributed by atoms with E-state index < -0.39 is 0 Å². The molecule has 0 radical (unpaired) electrons. The van der Waals surface area contributed by atoms with Gasteiger partial charge in [0.1, 0.15) is 17.3 Å². The fraction of sp³-hybridized carbons (Fsp3) is 0.400. The van der Waals surface area contributed by atoms with Gasteiger partial charge in [0.2, 0.25) is 0 Å². The Bertz CT molecular complexity index is 600. The second-order valence-corrected chi connectivity index (χ2v) is 5.94. The number of aryl methyl sites for hydroxylation is 1. The highest BCUT2D eigenvalue weighted by atomic mass is 79.9. The van der Waals surface area contributed by atoms with Crippen molar-refractivity contribution >= 4 is 21.7 Å². The molecule has 102 valence electrons. The molecule has 0 saturated heterocycles. The Hall–Kier alpha value is -1.29. The number of aromatic nitrogens is 2. The average molecular weight is 322 g/mol. The predicted molar refractivity (Wildman–Crippen MR) is 84.3 cm³/mol. The fourth-order valence-electron chi connectivity index (χ4n) is 2.27. The topological polar surface area (TPSA) is 43.8 Å². The molecular formula is C15H20BrN3. The number of nitrogens with two attached hydrogens (primary N) is 1. The molecular weight excluding hydrogens is 302 g/mol. The molecule has 1 aromatic carbocycles. The van der Waals surface area contributed by atoms with Crippen molar-refractivity contribution in [1.82, 2.24) is 9.55 Å². The highest BCUT2D eigenvalue weighted by molar-refractivity contribution is 9.10. The first kappa shape index (κ1) is 14.1. The van der Waals surface area contributed by atoms with Crippen LogP contribution < -0.4 is 5.73 Å². The molecule has 3 nitrogen and oxygen atoms in total.